The molecule has 1 aliphatic rings. The molecule has 6 heteroatoms. The normalized spacial score (nSPS) is 15.8. The molecule has 0 radical (unpaired) electrons. The fourth-order valence-corrected chi connectivity index (χ4v) is 3.97. The van der Waals surface area contributed by atoms with E-state index in [9.17, 15) is 9.90 Å². The summed E-state index contributed by atoms with van der Waals surface area (Å²) in [7, 11) is 3.54. The Morgan fingerprint density at radius 2 is 2.12 bits per heavy atom. The molecule has 0 saturated heterocycles. The molecule has 0 unspecified atom stereocenters. The Bertz CT molecular complexity index is 785. The molecule has 1 atom stereocenters. The number of hydrogen-bond donors (Lipinski definition) is 1. The predicted octanol–water partition coefficient (Wildman–Crippen LogP) is 3.10. The van der Waals surface area contributed by atoms with Crippen molar-refractivity contribution in [3.63, 3.8) is 0 Å². The highest BCUT2D eigenvalue weighted by Crippen LogP contribution is 2.39. The lowest BCUT2D eigenvalue weighted by Crippen LogP contribution is -2.45. The molecule has 0 saturated carbocycles. The molecule has 0 spiro atoms. The number of phenols is 1. The predicted molar refractivity (Wildman–Crippen MR) is 100 cm³/mol. The van der Waals surface area contributed by atoms with Crippen molar-refractivity contribution in [1.29, 1.82) is 0 Å². The first-order valence-corrected chi connectivity index (χ1v) is 9.19. The van der Waals surface area contributed by atoms with Gasteiger partial charge in [-0.2, -0.15) is 0 Å². The number of amides is 1. The Morgan fingerprint density at radius 1 is 1.36 bits per heavy atom. The molecule has 2 heterocycles. The van der Waals surface area contributed by atoms with Crippen LogP contribution in [0.15, 0.2) is 24.3 Å². The molecule has 2 aromatic rings. The van der Waals surface area contributed by atoms with Crippen LogP contribution in [0.2, 0.25) is 0 Å². The van der Waals surface area contributed by atoms with Crippen LogP contribution in [-0.2, 0) is 11.3 Å². The van der Waals surface area contributed by atoms with Crippen LogP contribution in [0.1, 0.15) is 17.4 Å². The number of aryl methyl sites for hydroxylation is 1. The van der Waals surface area contributed by atoms with Crippen molar-refractivity contribution >= 4 is 17.2 Å². The van der Waals surface area contributed by atoms with Crippen molar-refractivity contribution in [3.8, 4) is 21.9 Å². The highest BCUT2D eigenvalue weighted by molar-refractivity contribution is 7.15. The van der Waals surface area contributed by atoms with E-state index in [4.69, 9.17) is 4.74 Å². The van der Waals surface area contributed by atoms with Crippen molar-refractivity contribution in [2.45, 2.75) is 26.4 Å². The quantitative estimate of drug-likeness (QED) is 0.914. The third kappa shape index (κ3) is 3.65. The second-order valence-electron chi connectivity index (χ2n) is 6.62. The summed E-state index contributed by atoms with van der Waals surface area (Å²) in [4.78, 5) is 18.4. The number of phenolic OH excluding ortho intramolecular Hbond substituents is 1. The molecular formula is C19H24N2O3S. The van der Waals surface area contributed by atoms with Gasteiger partial charge in [0.15, 0.2) is 11.5 Å². The van der Waals surface area contributed by atoms with Gasteiger partial charge in [0, 0.05) is 42.5 Å². The topological polar surface area (TPSA) is 53.0 Å². The van der Waals surface area contributed by atoms with E-state index in [0.29, 0.717) is 25.4 Å². The van der Waals surface area contributed by atoms with E-state index in [1.165, 1.54) is 4.88 Å². The number of benzene rings is 1. The van der Waals surface area contributed by atoms with Gasteiger partial charge in [0.25, 0.3) is 0 Å². The zero-order valence-electron chi connectivity index (χ0n) is 15.1. The van der Waals surface area contributed by atoms with Gasteiger partial charge in [-0.1, -0.05) is 0 Å². The molecule has 0 bridgehead atoms. The molecule has 3 rings (SSSR count). The maximum absolute atomic E-state index is 12.3. The maximum atomic E-state index is 12.3. The van der Waals surface area contributed by atoms with E-state index < -0.39 is 0 Å². The Labute approximate surface area is 152 Å². The van der Waals surface area contributed by atoms with Crippen molar-refractivity contribution in [3.05, 3.63) is 34.7 Å². The Hall–Kier alpha value is -2.05. The van der Waals surface area contributed by atoms with E-state index in [1.807, 2.05) is 6.92 Å². The largest absolute Gasteiger partial charge is 0.504 e. The van der Waals surface area contributed by atoms with Crippen LogP contribution >= 0.6 is 11.3 Å². The molecule has 1 aromatic heterocycles. The number of rotatable bonds is 3. The smallest absolute Gasteiger partial charge is 0.239 e. The minimum atomic E-state index is -0.237. The zero-order chi connectivity index (χ0) is 18.1. The number of nitrogens with zero attached hydrogens (tertiary/aromatic N) is 2. The van der Waals surface area contributed by atoms with Gasteiger partial charge in [-0.25, -0.2) is 0 Å². The Balaban J connectivity index is 1.94. The van der Waals surface area contributed by atoms with E-state index in [1.54, 1.807) is 36.4 Å². The van der Waals surface area contributed by atoms with Crippen molar-refractivity contribution in [2.24, 2.45) is 0 Å². The molecule has 5 nitrogen and oxygen atoms in total. The fraction of sp³-hybridized carbons (Fsp3) is 0.421. The highest BCUT2D eigenvalue weighted by atomic mass is 32.1. The standard InChI is InChI=1S/C19H24N2O3S/c1-12-5-6-17(25-12)14-9-15-11-21(13(2)19(23)20(3)4)7-8-24-18(15)16(22)10-14/h5-6,9-10,13,22H,7-8,11H2,1-4H3/t13-/m1/s1. The maximum Gasteiger partial charge on any atom is 0.239 e. The summed E-state index contributed by atoms with van der Waals surface area (Å²) in [6.45, 7) is 5.64. The number of carbonyl (C=O) groups excluding carboxylic acids is 1. The summed E-state index contributed by atoms with van der Waals surface area (Å²) < 4.78 is 5.78. The molecular weight excluding hydrogens is 336 g/mol. The molecule has 0 aliphatic carbocycles. The number of ether oxygens (including phenoxy) is 1. The third-order valence-corrected chi connectivity index (χ3v) is 5.57. The van der Waals surface area contributed by atoms with Gasteiger partial charge < -0.3 is 14.7 Å². The second-order valence-corrected chi connectivity index (χ2v) is 7.91. The van der Waals surface area contributed by atoms with Crippen LogP contribution < -0.4 is 4.74 Å². The van der Waals surface area contributed by atoms with Gasteiger partial charge in [0.2, 0.25) is 5.91 Å². The average molecular weight is 360 g/mol. The number of likely N-dealkylation sites (N-methyl/N-ethyl adjacent to an activating group) is 1. The first-order valence-electron chi connectivity index (χ1n) is 8.37. The van der Waals surface area contributed by atoms with Crippen molar-refractivity contribution < 1.29 is 14.6 Å². The van der Waals surface area contributed by atoms with Crippen molar-refractivity contribution in [2.75, 3.05) is 27.2 Å². The van der Waals surface area contributed by atoms with Crippen LogP contribution in [0.3, 0.4) is 0 Å². The highest BCUT2D eigenvalue weighted by Gasteiger charge is 2.27. The van der Waals surface area contributed by atoms with Gasteiger partial charge in [-0.3, -0.25) is 9.69 Å². The molecule has 0 fully saturated rings. The van der Waals surface area contributed by atoms with Crippen LogP contribution in [0.4, 0.5) is 0 Å². The Kier molecular flexibility index (Phi) is 5.01. The van der Waals surface area contributed by atoms with Gasteiger partial charge >= 0.3 is 0 Å². The molecule has 134 valence electrons. The number of hydrogen-bond acceptors (Lipinski definition) is 5. The summed E-state index contributed by atoms with van der Waals surface area (Å²) in [5, 5.41) is 10.4. The van der Waals surface area contributed by atoms with E-state index in [0.717, 1.165) is 16.0 Å². The van der Waals surface area contributed by atoms with Crippen LogP contribution in [0.25, 0.3) is 10.4 Å². The lowest BCUT2D eigenvalue weighted by molar-refractivity contribution is -0.134. The first-order chi connectivity index (χ1) is 11.9. The molecule has 25 heavy (non-hydrogen) atoms. The minimum Gasteiger partial charge on any atom is -0.504 e. The average Bonchev–Trinajstić information content (AvgIpc) is 2.88. The van der Waals surface area contributed by atoms with E-state index in [-0.39, 0.29) is 17.7 Å². The summed E-state index contributed by atoms with van der Waals surface area (Å²) in [6.07, 6.45) is 0. The summed E-state index contributed by atoms with van der Waals surface area (Å²) >= 11 is 1.70. The lowest BCUT2D eigenvalue weighted by Gasteiger charge is -2.28. The van der Waals surface area contributed by atoms with Crippen LogP contribution in [0.5, 0.6) is 11.5 Å². The summed E-state index contributed by atoms with van der Waals surface area (Å²) in [5.41, 5.74) is 1.89. The van der Waals surface area contributed by atoms with Gasteiger partial charge in [0.1, 0.15) is 6.61 Å². The second kappa shape index (κ2) is 7.06. The first kappa shape index (κ1) is 17.8. The zero-order valence-corrected chi connectivity index (χ0v) is 15.9. The summed E-state index contributed by atoms with van der Waals surface area (Å²) in [5.74, 6) is 0.758. The van der Waals surface area contributed by atoms with Gasteiger partial charge in [-0.15, -0.1) is 11.3 Å². The van der Waals surface area contributed by atoms with Crippen molar-refractivity contribution in [1.82, 2.24) is 9.80 Å². The van der Waals surface area contributed by atoms with Crippen LogP contribution in [0, 0.1) is 6.92 Å². The minimum absolute atomic E-state index is 0.0673. The van der Waals surface area contributed by atoms with E-state index >= 15 is 0 Å². The third-order valence-electron chi connectivity index (χ3n) is 4.52. The number of thiophene rings is 1. The van der Waals surface area contributed by atoms with Gasteiger partial charge in [0.05, 0.1) is 6.04 Å². The molecule has 1 N–H and O–H groups in total. The number of aromatic hydroxyl groups is 1. The molecule has 1 amide bonds. The SMILES string of the molecule is Cc1ccc(-c2cc(O)c3c(c2)CN([C@H](C)C(=O)N(C)C)CCO3)s1. The fourth-order valence-electron chi connectivity index (χ4n) is 3.11. The number of carbonyl (C=O) groups is 1. The number of fused-ring (bicyclic) bond motifs is 1. The molecule has 1 aromatic carbocycles. The monoisotopic (exact) mass is 360 g/mol. The van der Waals surface area contributed by atoms with Crippen LogP contribution in [-0.4, -0.2) is 54.1 Å². The Morgan fingerprint density at radius 3 is 2.76 bits per heavy atom. The molecule has 1 aliphatic heterocycles. The van der Waals surface area contributed by atoms with E-state index in [2.05, 4.69) is 30.0 Å². The summed E-state index contributed by atoms with van der Waals surface area (Å²) in [6, 6.07) is 7.72. The van der Waals surface area contributed by atoms with Gasteiger partial charge in [-0.05, 0) is 43.7 Å². The lowest BCUT2D eigenvalue weighted by atomic mass is 10.1.